The zero-order valence-electron chi connectivity index (χ0n) is 13.9. The second kappa shape index (κ2) is 8.01. The highest BCUT2D eigenvalue weighted by Crippen LogP contribution is 2.22. The number of hydrogen-bond acceptors (Lipinski definition) is 5. The Labute approximate surface area is 140 Å². The van der Waals surface area contributed by atoms with Crippen LogP contribution in [0.4, 0.5) is 0 Å². The Morgan fingerprint density at radius 3 is 2.65 bits per heavy atom. The van der Waals surface area contributed by atoms with Crippen molar-refractivity contribution in [2.45, 2.75) is 30.8 Å². The average molecular weight is 334 g/mol. The van der Waals surface area contributed by atoms with Gasteiger partial charge in [-0.3, -0.25) is 4.79 Å². The summed E-state index contributed by atoms with van der Waals surface area (Å²) in [5.41, 5.74) is 1.07. The molecule has 0 aliphatic rings. The quantitative estimate of drug-likeness (QED) is 0.728. The third-order valence-electron chi connectivity index (χ3n) is 3.33. The van der Waals surface area contributed by atoms with E-state index in [1.54, 1.807) is 15.8 Å². The summed E-state index contributed by atoms with van der Waals surface area (Å²) >= 11 is 1.41. The maximum absolute atomic E-state index is 12.5. The lowest BCUT2D eigenvalue weighted by atomic mass is 10.2. The van der Waals surface area contributed by atoms with Crippen molar-refractivity contribution in [3.8, 4) is 5.75 Å². The van der Waals surface area contributed by atoms with Gasteiger partial charge in [-0.25, -0.2) is 0 Å². The molecule has 0 saturated heterocycles. The molecule has 0 N–H and O–H groups in total. The van der Waals surface area contributed by atoms with Crippen LogP contribution in [0.15, 0.2) is 35.7 Å². The number of hydrogen-bond donors (Lipinski definition) is 0. The van der Waals surface area contributed by atoms with Gasteiger partial charge in [-0.2, -0.15) is 0 Å². The molecule has 0 aliphatic carbocycles. The Hall–Kier alpha value is -2.02. The van der Waals surface area contributed by atoms with Gasteiger partial charge in [0, 0.05) is 20.6 Å². The van der Waals surface area contributed by atoms with Crippen molar-refractivity contribution in [1.29, 1.82) is 0 Å². The zero-order chi connectivity index (χ0) is 16.8. The molecule has 124 valence electrons. The van der Waals surface area contributed by atoms with E-state index in [2.05, 4.69) is 10.2 Å². The molecule has 23 heavy (non-hydrogen) atoms. The first-order valence-corrected chi connectivity index (χ1v) is 8.36. The number of aryl methyl sites for hydroxylation is 1. The summed E-state index contributed by atoms with van der Waals surface area (Å²) in [6.07, 6.45) is 1.63. The number of ether oxygens (including phenoxy) is 1. The van der Waals surface area contributed by atoms with Gasteiger partial charge in [0.1, 0.15) is 12.1 Å². The van der Waals surface area contributed by atoms with Crippen LogP contribution in [0.3, 0.4) is 0 Å². The largest absolute Gasteiger partial charge is 0.494 e. The first-order valence-electron chi connectivity index (χ1n) is 7.48. The number of benzene rings is 1. The van der Waals surface area contributed by atoms with Crippen LogP contribution in [0.5, 0.6) is 5.75 Å². The number of aromatic nitrogens is 3. The molecule has 1 heterocycles. The van der Waals surface area contributed by atoms with Gasteiger partial charge < -0.3 is 14.2 Å². The van der Waals surface area contributed by atoms with Crippen LogP contribution < -0.4 is 4.74 Å². The van der Waals surface area contributed by atoms with Gasteiger partial charge in [0.2, 0.25) is 5.91 Å². The van der Waals surface area contributed by atoms with Gasteiger partial charge in [0.25, 0.3) is 0 Å². The first-order chi connectivity index (χ1) is 11.0. The van der Waals surface area contributed by atoms with Crippen molar-refractivity contribution in [1.82, 2.24) is 19.7 Å². The fourth-order valence-electron chi connectivity index (χ4n) is 2.11. The van der Waals surface area contributed by atoms with Gasteiger partial charge in [-0.05, 0) is 31.5 Å². The van der Waals surface area contributed by atoms with Gasteiger partial charge in [-0.1, -0.05) is 23.9 Å². The molecular weight excluding hydrogens is 312 g/mol. The second-order valence-electron chi connectivity index (χ2n) is 5.26. The summed E-state index contributed by atoms with van der Waals surface area (Å²) in [4.78, 5) is 14.2. The smallest absolute Gasteiger partial charge is 0.235 e. The lowest BCUT2D eigenvalue weighted by Crippen LogP contribution is -2.32. The molecule has 0 aliphatic heterocycles. The van der Waals surface area contributed by atoms with Crippen LogP contribution in [-0.2, 0) is 18.4 Å². The van der Waals surface area contributed by atoms with E-state index in [-0.39, 0.29) is 11.2 Å². The van der Waals surface area contributed by atoms with E-state index in [0.29, 0.717) is 13.2 Å². The Morgan fingerprint density at radius 1 is 1.39 bits per heavy atom. The lowest BCUT2D eigenvalue weighted by molar-refractivity contribution is -0.129. The number of thioether (sulfide) groups is 1. The lowest BCUT2D eigenvalue weighted by Gasteiger charge is -2.21. The van der Waals surface area contributed by atoms with E-state index in [1.807, 2.05) is 52.2 Å². The second-order valence-corrected chi connectivity index (χ2v) is 6.56. The SMILES string of the molecule is CCOc1ccc(CN(C)C(=O)C(C)Sc2nncn2C)cc1. The molecule has 0 bridgehead atoms. The Morgan fingerprint density at radius 2 is 2.09 bits per heavy atom. The molecule has 1 aromatic carbocycles. The highest BCUT2D eigenvalue weighted by molar-refractivity contribution is 8.00. The predicted octanol–water partition coefficient (Wildman–Crippen LogP) is 2.35. The monoisotopic (exact) mass is 334 g/mol. The molecule has 2 rings (SSSR count). The van der Waals surface area contributed by atoms with Crippen molar-refractivity contribution in [3.63, 3.8) is 0 Å². The van der Waals surface area contributed by atoms with Crippen LogP contribution in [0.2, 0.25) is 0 Å². The molecule has 1 unspecified atom stereocenters. The van der Waals surface area contributed by atoms with E-state index in [0.717, 1.165) is 16.5 Å². The summed E-state index contributed by atoms with van der Waals surface area (Å²) in [7, 11) is 3.68. The number of carbonyl (C=O) groups excluding carboxylic acids is 1. The summed E-state index contributed by atoms with van der Waals surface area (Å²) in [6.45, 7) is 5.05. The summed E-state index contributed by atoms with van der Waals surface area (Å²) < 4.78 is 7.23. The molecule has 1 aromatic heterocycles. The van der Waals surface area contributed by atoms with E-state index in [1.165, 1.54) is 11.8 Å². The van der Waals surface area contributed by atoms with Crippen LogP contribution >= 0.6 is 11.8 Å². The first kappa shape index (κ1) is 17.3. The third kappa shape index (κ3) is 4.72. The molecule has 7 heteroatoms. The number of rotatable bonds is 7. The van der Waals surface area contributed by atoms with Gasteiger partial charge in [-0.15, -0.1) is 10.2 Å². The van der Waals surface area contributed by atoms with Crippen molar-refractivity contribution in [2.75, 3.05) is 13.7 Å². The van der Waals surface area contributed by atoms with Crippen molar-refractivity contribution < 1.29 is 9.53 Å². The van der Waals surface area contributed by atoms with Crippen LogP contribution in [0.25, 0.3) is 0 Å². The maximum atomic E-state index is 12.5. The number of nitrogens with zero attached hydrogens (tertiary/aromatic N) is 4. The molecule has 1 amide bonds. The van der Waals surface area contributed by atoms with Crippen molar-refractivity contribution in [3.05, 3.63) is 36.2 Å². The molecule has 0 saturated carbocycles. The summed E-state index contributed by atoms with van der Waals surface area (Å²) in [6, 6.07) is 7.81. The highest BCUT2D eigenvalue weighted by Gasteiger charge is 2.20. The summed E-state index contributed by atoms with van der Waals surface area (Å²) in [5.74, 6) is 0.906. The minimum absolute atomic E-state index is 0.0619. The topological polar surface area (TPSA) is 60.2 Å². The van der Waals surface area contributed by atoms with Crippen molar-refractivity contribution >= 4 is 17.7 Å². The van der Waals surface area contributed by atoms with Crippen LogP contribution in [0.1, 0.15) is 19.4 Å². The molecule has 6 nitrogen and oxygen atoms in total. The normalized spacial score (nSPS) is 12.0. The standard InChI is InChI=1S/C16H22N4O2S/c1-5-22-14-8-6-13(7-9-14)10-19(3)15(21)12(2)23-16-18-17-11-20(16)4/h6-9,11-12H,5,10H2,1-4H3. The molecule has 0 spiro atoms. The fourth-order valence-corrected chi connectivity index (χ4v) is 3.01. The van der Waals surface area contributed by atoms with Gasteiger partial charge in [0.05, 0.1) is 11.9 Å². The molecule has 1 atom stereocenters. The van der Waals surface area contributed by atoms with Gasteiger partial charge >= 0.3 is 0 Å². The summed E-state index contributed by atoms with van der Waals surface area (Å²) in [5, 5.41) is 8.34. The van der Waals surface area contributed by atoms with E-state index >= 15 is 0 Å². The predicted molar refractivity (Wildman–Crippen MR) is 90.4 cm³/mol. The molecule has 0 fully saturated rings. The van der Waals surface area contributed by atoms with Crippen molar-refractivity contribution in [2.24, 2.45) is 7.05 Å². The van der Waals surface area contributed by atoms with Crippen LogP contribution in [-0.4, -0.2) is 44.5 Å². The van der Waals surface area contributed by atoms with E-state index < -0.39 is 0 Å². The minimum atomic E-state index is -0.217. The zero-order valence-corrected chi connectivity index (χ0v) is 14.7. The number of amides is 1. The van der Waals surface area contributed by atoms with E-state index in [9.17, 15) is 4.79 Å². The molecular formula is C16H22N4O2S. The third-order valence-corrected chi connectivity index (χ3v) is 4.47. The fraction of sp³-hybridized carbons (Fsp3) is 0.438. The van der Waals surface area contributed by atoms with E-state index in [4.69, 9.17) is 4.74 Å². The van der Waals surface area contributed by atoms with Gasteiger partial charge in [0.15, 0.2) is 5.16 Å². The Bertz CT molecular complexity index is 642. The van der Waals surface area contributed by atoms with Crippen LogP contribution in [0, 0.1) is 0 Å². The number of carbonyl (C=O) groups is 1. The average Bonchev–Trinajstić information content (AvgIpc) is 2.93. The Kier molecular flexibility index (Phi) is 6.04. The Balaban J connectivity index is 1.92. The molecule has 2 aromatic rings. The maximum Gasteiger partial charge on any atom is 0.235 e. The molecule has 0 radical (unpaired) electrons. The minimum Gasteiger partial charge on any atom is -0.494 e. The highest BCUT2D eigenvalue weighted by atomic mass is 32.2.